The van der Waals surface area contributed by atoms with E-state index in [2.05, 4.69) is 10.2 Å². The van der Waals surface area contributed by atoms with Crippen LogP contribution in [0.15, 0.2) is 0 Å². The molecular weight excluding hydrogens is 178 g/mol. The smallest absolute Gasteiger partial charge is 0.237 e. The van der Waals surface area contributed by atoms with Gasteiger partial charge in [0.05, 0.1) is 12.7 Å². The maximum Gasteiger partial charge on any atom is 0.237 e. The molecule has 2 heterocycles. The van der Waals surface area contributed by atoms with Crippen LogP contribution < -0.4 is 5.32 Å². The zero-order chi connectivity index (χ0) is 9.97. The minimum absolute atomic E-state index is 0.282. The van der Waals surface area contributed by atoms with E-state index in [0.717, 1.165) is 32.5 Å². The fourth-order valence-corrected chi connectivity index (χ4v) is 2.30. The standard InChI is InChI=1S/C10H19N3O/c1-12-6-3-7-13(10(14)8-12)9-4-2-5-11-9/h9,11H,2-8H2,1H3. The minimum Gasteiger partial charge on any atom is -0.326 e. The lowest BCUT2D eigenvalue weighted by molar-refractivity contribution is -0.133. The number of likely N-dealkylation sites (N-methyl/N-ethyl adjacent to an activating group) is 1. The van der Waals surface area contributed by atoms with Crippen LogP contribution >= 0.6 is 0 Å². The molecule has 4 nitrogen and oxygen atoms in total. The lowest BCUT2D eigenvalue weighted by Crippen LogP contribution is -2.47. The minimum atomic E-state index is 0.282. The van der Waals surface area contributed by atoms with Crippen molar-refractivity contribution < 1.29 is 4.79 Å². The van der Waals surface area contributed by atoms with Gasteiger partial charge in [0.15, 0.2) is 0 Å². The largest absolute Gasteiger partial charge is 0.326 e. The van der Waals surface area contributed by atoms with Crippen molar-refractivity contribution in [2.24, 2.45) is 0 Å². The normalized spacial score (nSPS) is 30.8. The topological polar surface area (TPSA) is 35.6 Å². The molecule has 14 heavy (non-hydrogen) atoms. The summed E-state index contributed by atoms with van der Waals surface area (Å²) in [4.78, 5) is 16.0. The van der Waals surface area contributed by atoms with Gasteiger partial charge in [-0.1, -0.05) is 0 Å². The Bertz CT molecular complexity index is 213. The molecule has 0 aromatic heterocycles. The van der Waals surface area contributed by atoms with Crippen LogP contribution in [-0.2, 0) is 4.79 Å². The summed E-state index contributed by atoms with van der Waals surface area (Å²) in [5.74, 6) is 0.282. The van der Waals surface area contributed by atoms with Crippen molar-refractivity contribution in [1.29, 1.82) is 0 Å². The summed E-state index contributed by atoms with van der Waals surface area (Å²) in [5.41, 5.74) is 0. The van der Waals surface area contributed by atoms with Crippen LogP contribution in [0.4, 0.5) is 0 Å². The maximum atomic E-state index is 11.9. The van der Waals surface area contributed by atoms with Gasteiger partial charge in [0.1, 0.15) is 0 Å². The molecule has 1 unspecified atom stereocenters. The van der Waals surface area contributed by atoms with Gasteiger partial charge in [0, 0.05) is 13.1 Å². The average molecular weight is 197 g/mol. The molecule has 0 radical (unpaired) electrons. The first-order valence-electron chi connectivity index (χ1n) is 5.49. The van der Waals surface area contributed by atoms with Gasteiger partial charge in [0.25, 0.3) is 0 Å². The number of nitrogens with one attached hydrogen (secondary N) is 1. The molecule has 2 fully saturated rings. The van der Waals surface area contributed by atoms with Gasteiger partial charge < -0.3 is 4.90 Å². The molecule has 0 aromatic rings. The summed E-state index contributed by atoms with van der Waals surface area (Å²) in [6, 6.07) is 0. The van der Waals surface area contributed by atoms with Crippen molar-refractivity contribution in [3.63, 3.8) is 0 Å². The Morgan fingerprint density at radius 1 is 1.36 bits per heavy atom. The van der Waals surface area contributed by atoms with E-state index in [1.165, 1.54) is 6.42 Å². The molecule has 4 heteroatoms. The zero-order valence-electron chi connectivity index (χ0n) is 8.83. The molecule has 2 rings (SSSR count). The third kappa shape index (κ3) is 2.07. The van der Waals surface area contributed by atoms with Crippen molar-refractivity contribution in [2.45, 2.75) is 25.4 Å². The van der Waals surface area contributed by atoms with Crippen LogP contribution in [0.5, 0.6) is 0 Å². The lowest BCUT2D eigenvalue weighted by atomic mass is 10.3. The summed E-state index contributed by atoms with van der Waals surface area (Å²) in [7, 11) is 2.02. The van der Waals surface area contributed by atoms with E-state index in [9.17, 15) is 4.79 Å². The molecular formula is C10H19N3O. The van der Waals surface area contributed by atoms with Gasteiger partial charge in [-0.3, -0.25) is 15.0 Å². The highest BCUT2D eigenvalue weighted by molar-refractivity contribution is 5.78. The van der Waals surface area contributed by atoms with Crippen molar-refractivity contribution in [3.05, 3.63) is 0 Å². The van der Waals surface area contributed by atoms with Crippen LogP contribution in [0, 0.1) is 0 Å². The molecule has 2 aliphatic heterocycles. The summed E-state index contributed by atoms with van der Waals surface area (Å²) < 4.78 is 0. The van der Waals surface area contributed by atoms with Crippen molar-refractivity contribution in [1.82, 2.24) is 15.1 Å². The molecule has 1 N–H and O–H groups in total. The van der Waals surface area contributed by atoms with Gasteiger partial charge in [-0.15, -0.1) is 0 Å². The first kappa shape index (κ1) is 9.93. The van der Waals surface area contributed by atoms with Gasteiger partial charge in [-0.05, 0) is 32.9 Å². The van der Waals surface area contributed by atoms with Gasteiger partial charge in [-0.2, -0.15) is 0 Å². The Morgan fingerprint density at radius 3 is 2.93 bits per heavy atom. The van der Waals surface area contributed by atoms with E-state index >= 15 is 0 Å². The average Bonchev–Trinajstić information content (AvgIpc) is 2.59. The van der Waals surface area contributed by atoms with Gasteiger partial charge in [-0.25, -0.2) is 0 Å². The Hall–Kier alpha value is -0.610. The second kappa shape index (κ2) is 4.28. The summed E-state index contributed by atoms with van der Waals surface area (Å²) in [5, 5.41) is 3.39. The highest BCUT2D eigenvalue weighted by atomic mass is 16.2. The van der Waals surface area contributed by atoms with Gasteiger partial charge in [0.2, 0.25) is 5.91 Å². The fraction of sp³-hybridized carbons (Fsp3) is 0.900. The number of nitrogens with zero attached hydrogens (tertiary/aromatic N) is 2. The maximum absolute atomic E-state index is 11.9. The Kier molecular flexibility index (Phi) is 3.03. The van der Waals surface area contributed by atoms with Crippen LogP contribution in [0.1, 0.15) is 19.3 Å². The molecule has 0 aliphatic carbocycles. The third-order valence-electron chi connectivity index (χ3n) is 3.07. The first-order valence-corrected chi connectivity index (χ1v) is 5.49. The third-order valence-corrected chi connectivity index (χ3v) is 3.07. The molecule has 1 amide bonds. The molecule has 0 aromatic carbocycles. The highest BCUT2D eigenvalue weighted by Crippen LogP contribution is 2.13. The van der Waals surface area contributed by atoms with E-state index in [1.54, 1.807) is 0 Å². The monoisotopic (exact) mass is 197 g/mol. The van der Waals surface area contributed by atoms with E-state index in [4.69, 9.17) is 0 Å². The zero-order valence-corrected chi connectivity index (χ0v) is 8.83. The Labute approximate surface area is 85.2 Å². The Balaban J connectivity index is 1.98. The predicted molar refractivity (Wildman–Crippen MR) is 54.9 cm³/mol. The molecule has 2 saturated heterocycles. The first-order chi connectivity index (χ1) is 6.77. The summed E-state index contributed by atoms with van der Waals surface area (Å²) in [6.07, 6.45) is 3.73. The number of hydrogen-bond donors (Lipinski definition) is 1. The molecule has 1 atom stereocenters. The van der Waals surface area contributed by atoms with E-state index in [0.29, 0.717) is 12.7 Å². The number of hydrogen-bond acceptors (Lipinski definition) is 3. The Morgan fingerprint density at radius 2 is 2.21 bits per heavy atom. The quantitative estimate of drug-likeness (QED) is 0.635. The summed E-state index contributed by atoms with van der Waals surface area (Å²) in [6.45, 7) is 3.60. The fourth-order valence-electron chi connectivity index (χ4n) is 2.30. The second-order valence-electron chi connectivity index (χ2n) is 4.29. The van der Waals surface area contributed by atoms with E-state index < -0.39 is 0 Å². The number of rotatable bonds is 1. The van der Waals surface area contributed by atoms with Crippen molar-refractivity contribution in [2.75, 3.05) is 33.2 Å². The predicted octanol–water partition coefficient (Wildman–Crippen LogP) is -0.140. The van der Waals surface area contributed by atoms with E-state index in [-0.39, 0.29) is 5.91 Å². The highest BCUT2D eigenvalue weighted by Gasteiger charge is 2.28. The molecule has 80 valence electrons. The second-order valence-corrected chi connectivity index (χ2v) is 4.29. The van der Waals surface area contributed by atoms with Crippen LogP contribution in [0.3, 0.4) is 0 Å². The van der Waals surface area contributed by atoms with Crippen LogP contribution in [0.25, 0.3) is 0 Å². The van der Waals surface area contributed by atoms with Crippen LogP contribution in [0.2, 0.25) is 0 Å². The van der Waals surface area contributed by atoms with Crippen molar-refractivity contribution in [3.8, 4) is 0 Å². The molecule has 0 saturated carbocycles. The molecule has 2 aliphatic rings. The lowest BCUT2D eigenvalue weighted by Gasteiger charge is -2.27. The number of carbonyl (C=O) groups excluding carboxylic acids is 1. The van der Waals surface area contributed by atoms with Crippen LogP contribution in [-0.4, -0.2) is 55.1 Å². The number of amides is 1. The van der Waals surface area contributed by atoms with Gasteiger partial charge >= 0.3 is 0 Å². The molecule has 0 spiro atoms. The summed E-state index contributed by atoms with van der Waals surface area (Å²) >= 11 is 0. The van der Waals surface area contributed by atoms with E-state index in [1.807, 2.05) is 11.9 Å². The SMILES string of the molecule is CN1CCCN(C2CCCN2)C(=O)C1. The molecule has 0 bridgehead atoms. The number of carbonyl (C=O) groups is 1. The van der Waals surface area contributed by atoms with Crippen molar-refractivity contribution >= 4 is 5.91 Å².